The van der Waals surface area contributed by atoms with E-state index < -0.39 is 12.0 Å². The molecule has 1 aliphatic heterocycles. The van der Waals surface area contributed by atoms with Crippen LogP contribution < -0.4 is 5.32 Å². The third kappa shape index (κ3) is 5.24. The highest BCUT2D eigenvalue weighted by molar-refractivity contribution is 5.93. The van der Waals surface area contributed by atoms with Crippen LogP contribution in [0.5, 0.6) is 0 Å². The number of esters is 1. The molecule has 0 fully saturated rings. The van der Waals surface area contributed by atoms with Gasteiger partial charge < -0.3 is 15.0 Å². The normalized spacial score (nSPS) is 15.5. The van der Waals surface area contributed by atoms with Crippen molar-refractivity contribution in [1.29, 1.82) is 0 Å². The zero-order valence-electron chi connectivity index (χ0n) is 17.6. The van der Waals surface area contributed by atoms with Crippen molar-refractivity contribution in [2.24, 2.45) is 0 Å². The molecule has 158 valence electrons. The van der Waals surface area contributed by atoms with E-state index in [4.69, 9.17) is 4.74 Å². The Kier molecular flexibility index (Phi) is 6.84. The minimum absolute atomic E-state index is 0.0248. The van der Waals surface area contributed by atoms with Crippen LogP contribution in [0, 0.1) is 6.92 Å². The molecule has 30 heavy (non-hydrogen) atoms. The average molecular weight is 409 g/mol. The summed E-state index contributed by atoms with van der Waals surface area (Å²) in [7, 11) is 3.03. The topological polar surface area (TPSA) is 79.0 Å². The van der Waals surface area contributed by atoms with Gasteiger partial charge in [0.2, 0.25) is 11.8 Å². The summed E-state index contributed by atoms with van der Waals surface area (Å²) in [6.07, 6.45) is 0.423. The molecule has 0 saturated heterocycles. The molecule has 0 aliphatic carbocycles. The van der Waals surface area contributed by atoms with E-state index in [9.17, 15) is 14.4 Å². The molecule has 0 spiro atoms. The molecule has 0 radical (unpaired) electrons. The summed E-state index contributed by atoms with van der Waals surface area (Å²) in [4.78, 5) is 40.7. The van der Waals surface area contributed by atoms with E-state index in [0.717, 1.165) is 16.7 Å². The number of rotatable bonds is 6. The number of methoxy groups -OCH3 is 1. The maximum absolute atomic E-state index is 13.0. The van der Waals surface area contributed by atoms with Crippen molar-refractivity contribution in [2.45, 2.75) is 25.9 Å². The van der Waals surface area contributed by atoms with Crippen LogP contribution >= 0.6 is 0 Å². The summed E-state index contributed by atoms with van der Waals surface area (Å²) < 4.78 is 4.92. The van der Waals surface area contributed by atoms with Gasteiger partial charge in [-0.15, -0.1) is 0 Å². The molecule has 2 amide bonds. The SMILES string of the molecule is COC(=O)[C@H]1Cc2ccccc2CN1C(=O)CN(C)CC(=O)Nc1ccc(C)cc1. The minimum Gasteiger partial charge on any atom is -0.467 e. The molecule has 0 aromatic heterocycles. The van der Waals surface area contributed by atoms with Crippen LogP contribution in [0.4, 0.5) is 5.69 Å². The van der Waals surface area contributed by atoms with Crippen LogP contribution in [-0.4, -0.2) is 60.9 Å². The lowest BCUT2D eigenvalue weighted by Gasteiger charge is -2.36. The molecule has 1 atom stereocenters. The maximum atomic E-state index is 13.0. The highest BCUT2D eigenvalue weighted by atomic mass is 16.5. The molecular formula is C23H27N3O4. The number of anilines is 1. The van der Waals surface area contributed by atoms with Crippen LogP contribution in [-0.2, 0) is 32.1 Å². The number of hydrogen-bond acceptors (Lipinski definition) is 5. The third-order valence-electron chi connectivity index (χ3n) is 5.20. The fourth-order valence-electron chi connectivity index (χ4n) is 3.59. The van der Waals surface area contributed by atoms with Crippen molar-refractivity contribution in [3.8, 4) is 0 Å². The summed E-state index contributed by atoms with van der Waals surface area (Å²) in [6.45, 7) is 2.41. The summed E-state index contributed by atoms with van der Waals surface area (Å²) in [5.41, 5.74) is 3.89. The Hall–Kier alpha value is -3.19. The van der Waals surface area contributed by atoms with E-state index in [0.29, 0.717) is 18.7 Å². The molecule has 7 nitrogen and oxygen atoms in total. The number of nitrogens with one attached hydrogen (secondary N) is 1. The Morgan fingerprint density at radius 1 is 1.07 bits per heavy atom. The predicted molar refractivity (Wildman–Crippen MR) is 114 cm³/mol. The summed E-state index contributed by atoms with van der Waals surface area (Å²) in [6, 6.07) is 14.6. The number of carbonyl (C=O) groups is 3. The largest absolute Gasteiger partial charge is 0.467 e. The van der Waals surface area contributed by atoms with Crippen molar-refractivity contribution < 1.29 is 19.1 Å². The summed E-state index contributed by atoms with van der Waals surface area (Å²) in [5, 5.41) is 2.82. The number of hydrogen-bond donors (Lipinski definition) is 1. The highest BCUT2D eigenvalue weighted by Gasteiger charge is 2.35. The number of ether oxygens (including phenoxy) is 1. The number of carbonyl (C=O) groups excluding carboxylic acids is 3. The van der Waals surface area contributed by atoms with Gasteiger partial charge in [0.1, 0.15) is 6.04 Å². The quantitative estimate of drug-likeness (QED) is 0.739. The Morgan fingerprint density at radius 2 is 1.73 bits per heavy atom. The second kappa shape index (κ2) is 9.54. The van der Waals surface area contributed by atoms with Crippen molar-refractivity contribution in [1.82, 2.24) is 9.80 Å². The van der Waals surface area contributed by atoms with E-state index in [1.54, 1.807) is 16.8 Å². The third-order valence-corrected chi connectivity index (χ3v) is 5.20. The molecule has 7 heteroatoms. The van der Waals surface area contributed by atoms with Gasteiger partial charge in [-0.05, 0) is 37.2 Å². The number of amides is 2. The van der Waals surface area contributed by atoms with Gasteiger partial charge in [-0.2, -0.15) is 0 Å². The van der Waals surface area contributed by atoms with Crippen LogP contribution in [0.25, 0.3) is 0 Å². The fraction of sp³-hybridized carbons (Fsp3) is 0.348. The van der Waals surface area contributed by atoms with Gasteiger partial charge in [-0.1, -0.05) is 42.0 Å². The monoisotopic (exact) mass is 409 g/mol. The molecule has 2 aromatic carbocycles. The molecule has 1 N–H and O–H groups in total. The average Bonchev–Trinajstić information content (AvgIpc) is 2.73. The van der Waals surface area contributed by atoms with Gasteiger partial charge in [0, 0.05) is 18.7 Å². The second-order valence-electron chi connectivity index (χ2n) is 7.62. The van der Waals surface area contributed by atoms with Crippen molar-refractivity contribution >= 4 is 23.5 Å². The van der Waals surface area contributed by atoms with E-state index in [1.165, 1.54) is 7.11 Å². The first-order valence-electron chi connectivity index (χ1n) is 9.86. The molecule has 0 bridgehead atoms. The van der Waals surface area contributed by atoms with E-state index in [-0.39, 0.29) is 24.9 Å². The summed E-state index contributed by atoms with van der Waals surface area (Å²) in [5.74, 6) is -0.856. The molecule has 3 rings (SSSR count). The van der Waals surface area contributed by atoms with Crippen molar-refractivity contribution in [3.05, 3.63) is 65.2 Å². The van der Waals surface area contributed by atoms with Gasteiger partial charge in [0.25, 0.3) is 0 Å². The first kappa shape index (κ1) is 21.5. The Balaban J connectivity index is 1.62. The molecule has 0 saturated carbocycles. The first-order valence-corrected chi connectivity index (χ1v) is 9.86. The summed E-state index contributed by atoms with van der Waals surface area (Å²) >= 11 is 0. The minimum atomic E-state index is -0.660. The number of aryl methyl sites for hydroxylation is 1. The lowest BCUT2D eigenvalue weighted by molar-refractivity contribution is -0.154. The van der Waals surface area contributed by atoms with Crippen LogP contribution in [0.3, 0.4) is 0 Å². The Labute approximate surface area is 176 Å². The molecule has 0 unspecified atom stereocenters. The van der Waals surface area contributed by atoms with Gasteiger partial charge in [0.15, 0.2) is 0 Å². The van der Waals surface area contributed by atoms with Crippen LogP contribution in [0.15, 0.2) is 48.5 Å². The smallest absolute Gasteiger partial charge is 0.328 e. The number of nitrogens with zero attached hydrogens (tertiary/aromatic N) is 2. The standard InChI is InChI=1S/C23H27N3O4/c1-16-8-10-19(11-9-16)24-21(27)14-25(2)15-22(28)26-13-18-7-5-4-6-17(18)12-20(26)23(29)30-3/h4-11,20H,12-15H2,1-3H3,(H,24,27)/t20-/m1/s1. The lowest BCUT2D eigenvalue weighted by atomic mass is 9.94. The number of benzene rings is 2. The molecule has 2 aromatic rings. The zero-order chi connectivity index (χ0) is 21.7. The fourth-order valence-corrected chi connectivity index (χ4v) is 3.59. The van der Waals surface area contributed by atoms with Crippen molar-refractivity contribution in [2.75, 3.05) is 32.6 Å². The molecular weight excluding hydrogens is 382 g/mol. The molecule has 1 heterocycles. The Morgan fingerprint density at radius 3 is 2.40 bits per heavy atom. The van der Waals surface area contributed by atoms with E-state index in [1.807, 2.05) is 55.5 Å². The van der Waals surface area contributed by atoms with E-state index >= 15 is 0 Å². The van der Waals surface area contributed by atoms with Gasteiger partial charge in [-0.25, -0.2) is 4.79 Å². The van der Waals surface area contributed by atoms with Gasteiger partial charge in [-0.3, -0.25) is 14.5 Å². The van der Waals surface area contributed by atoms with Crippen molar-refractivity contribution in [3.63, 3.8) is 0 Å². The zero-order valence-corrected chi connectivity index (χ0v) is 17.6. The first-order chi connectivity index (χ1) is 14.4. The number of likely N-dealkylation sites (N-methyl/N-ethyl adjacent to an activating group) is 1. The number of fused-ring (bicyclic) bond motifs is 1. The second-order valence-corrected chi connectivity index (χ2v) is 7.62. The van der Waals surface area contributed by atoms with E-state index in [2.05, 4.69) is 5.32 Å². The van der Waals surface area contributed by atoms with Crippen LogP contribution in [0.2, 0.25) is 0 Å². The maximum Gasteiger partial charge on any atom is 0.328 e. The Bertz CT molecular complexity index is 926. The predicted octanol–water partition coefficient (Wildman–Crippen LogP) is 1.99. The van der Waals surface area contributed by atoms with Crippen LogP contribution in [0.1, 0.15) is 16.7 Å². The van der Waals surface area contributed by atoms with Gasteiger partial charge >= 0.3 is 5.97 Å². The lowest BCUT2D eigenvalue weighted by Crippen LogP contribution is -2.52. The highest BCUT2D eigenvalue weighted by Crippen LogP contribution is 2.24. The molecule has 1 aliphatic rings. The van der Waals surface area contributed by atoms with Gasteiger partial charge in [0.05, 0.1) is 20.2 Å².